The van der Waals surface area contributed by atoms with Crippen LogP contribution in [0.1, 0.15) is 5.56 Å². The third-order valence-electron chi connectivity index (χ3n) is 4.10. The number of hydrogen-bond acceptors (Lipinski definition) is 4. The molecule has 0 radical (unpaired) electrons. The van der Waals surface area contributed by atoms with Gasteiger partial charge < -0.3 is 15.2 Å². The van der Waals surface area contributed by atoms with Crippen molar-refractivity contribution in [2.24, 2.45) is 0 Å². The van der Waals surface area contributed by atoms with Gasteiger partial charge in [-0.3, -0.25) is 0 Å². The van der Waals surface area contributed by atoms with Crippen molar-refractivity contribution in [3.05, 3.63) is 60.2 Å². The van der Waals surface area contributed by atoms with Gasteiger partial charge in [0.05, 0.1) is 0 Å². The van der Waals surface area contributed by atoms with Crippen LogP contribution in [0.4, 0.5) is 11.4 Å². The number of hydrogen-bond donors (Lipinski definition) is 2. The van der Waals surface area contributed by atoms with Crippen LogP contribution in [0.15, 0.2) is 54.6 Å². The third kappa shape index (κ3) is 4.00. The molecule has 1 heterocycles. The summed E-state index contributed by atoms with van der Waals surface area (Å²) in [7, 11) is 2.19. The van der Waals surface area contributed by atoms with Crippen molar-refractivity contribution in [2.45, 2.75) is 6.54 Å². The van der Waals surface area contributed by atoms with Crippen LogP contribution < -0.4 is 15.8 Å². The molecule has 22 heavy (non-hydrogen) atoms. The van der Waals surface area contributed by atoms with Crippen LogP contribution in [0.3, 0.4) is 0 Å². The molecule has 1 aliphatic heterocycles. The lowest BCUT2D eigenvalue weighted by molar-refractivity contribution is 0.313. The molecular weight excluding hydrogens is 272 g/mol. The van der Waals surface area contributed by atoms with E-state index in [1.54, 1.807) is 0 Å². The van der Waals surface area contributed by atoms with Gasteiger partial charge in [0.1, 0.15) is 0 Å². The summed E-state index contributed by atoms with van der Waals surface area (Å²) < 4.78 is 0. The van der Waals surface area contributed by atoms with E-state index in [1.807, 2.05) is 30.3 Å². The molecule has 0 spiro atoms. The predicted octanol–water partition coefficient (Wildman–Crippen LogP) is 2.56. The molecule has 0 bridgehead atoms. The third-order valence-corrected chi connectivity index (χ3v) is 4.10. The Kier molecular flexibility index (Phi) is 4.93. The number of piperazine rings is 1. The van der Waals surface area contributed by atoms with E-state index in [0.717, 1.165) is 38.4 Å². The zero-order chi connectivity index (χ0) is 15.2. The minimum atomic E-state index is 0.803. The van der Waals surface area contributed by atoms with Crippen molar-refractivity contribution in [1.29, 1.82) is 0 Å². The van der Waals surface area contributed by atoms with E-state index in [0.29, 0.717) is 0 Å². The van der Waals surface area contributed by atoms with E-state index >= 15 is 0 Å². The van der Waals surface area contributed by atoms with Crippen LogP contribution in [0.2, 0.25) is 0 Å². The predicted molar refractivity (Wildman–Crippen MR) is 93.1 cm³/mol. The second-order valence-electron chi connectivity index (χ2n) is 5.80. The SMILES string of the molecule is CN1CCN(c2ccc(CNNc3ccccc3)cc2)CC1. The summed E-state index contributed by atoms with van der Waals surface area (Å²) in [5.74, 6) is 0. The van der Waals surface area contributed by atoms with Crippen LogP contribution in [-0.2, 0) is 6.54 Å². The fraction of sp³-hybridized carbons (Fsp3) is 0.333. The van der Waals surface area contributed by atoms with Crippen LogP contribution in [0.25, 0.3) is 0 Å². The first kappa shape index (κ1) is 14.9. The second kappa shape index (κ2) is 7.29. The molecule has 0 amide bonds. The molecule has 116 valence electrons. The molecule has 0 atom stereocenters. The van der Waals surface area contributed by atoms with Gasteiger partial charge in [0, 0.05) is 44.1 Å². The molecule has 4 nitrogen and oxygen atoms in total. The molecular formula is C18H24N4. The van der Waals surface area contributed by atoms with Gasteiger partial charge in [0.2, 0.25) is 0 Å². The second-order valence-corrected chi connectivity index (χ2v) is 5.80. The maximum absolute atomic E-state index is 3.25. The van der Waals surface area contributed by atoms with Crippen molar-refractivity contribution in [1.82, 2.24) is 10.3 Å². The molecule has 4 heteroatoms. The lowest BCUT2D eigenvalue weighted by Crippen LogP contribution is -2.44. The molecule has 0 aromatic heterocycles. The molecule has 2 aromatic rings. The molecule has 1 saturated heterocycles. The van der Waals surface area contributed by atoms with E-state index in [-0.39, 0.29) is 0 Å². The molecule has 2 aromatic carbocycles. The van der Waals surface area contributed by atoms with E-state index < -0.39 is 0 Å². The fourth-order valence-corrected chi connectivity index (χ4v) is 2.66. The number of para-hydroxylation sites is 1. The minimum absolute atomic E-state index is 0.803. The Morgan fingerprint density at radius 1 is 0.864 bits per heavy atom. The van der Waals surface area contributed by atoms with E-state index in [4.69, 9.17) is 0 Å². The number of anilines is 2. The fourth-order valence-electron chi connectivity index (χ4n) is 2.66. The van der Waals surface area contributed by atoms with Gasteiger partial charge in [0.15, 0.2) is 0 Å². The molecule has 2 N–H and O–H groups in total. The summed E-state index contributed by atoms with van der Waals surface area (Å²) in [4.78, 5) is 4.84. The van der Waals surface area contributed by atoms with E-state index in [2.05, 4.69) is 52.0 Å². The van der Waals surface area contributed by atoms with Gasteiger partial charge in [-0.15, -0.1) is 0 Å². The smallest absolute Gasteiger partial charge is 0.0487 e. The Morgan fingerprint density at radius 2 is 1.55 bits per heavy atom. The van der Waals surface area contributed by atoms with Gasteiger partial charge in [0.25, 0.3) is 0 Å². The van der Waals surface area contributed by atoms with E-state index in [9.17, 15) is 0 Å². The highest BCUT2D eigenvalue weighted by molar-refractivity contribution is 5.48. The molecule has 0 aliphatic carbocycles. The normalized spacial score (nSPS) is 15.8. The highest BCUT2D eigenvalue weighted by Gasteiger charge is 2.13. The zero-order valence-corrected chi connectivity index (χ0v) is 13.1. The monoisotopic (exact) mass is 296 g/mol. The maximum Gasteiger partial charge on any atom is 0.0487 e. The number of hydrazine groups is 1. The Hall–Kier alpha value is -2.04. The van der Waals surface area contributed by atoms with E-state index in [1.165, 1.54) is 11.3 Å². The van der Waals surface area contributed by atoms with Crippen molar-refractivity contribution >= 4 is 11.4 Å². The Labute approximate surface area is 132 Å². The summed E-state index contributed by atoms with van der Waals surface area (Å²) in [6.07, 6.45) is 0. The Balaban J connectivity index is 1.49. The Morgan fingerprint density at radius 3 is 2.23 bits per heavy atom. The van der Waals surface area contributed by atoms with Gasteiger partial charge in [-0.25, -0.2) is 5.43 Å². The van der Waals surface area contributed by atoms with Crippen LogP contribution >= 0.6 is 0 Å². The first-order chi connectivity index (χ1) is 10.8. The summed E-state index contributed by atoms with van der Waals surface area (Å²) in [5, 5.41) is 0. The first-order valence-corrected chi connectivity index (χ1v) is 7.87. The maximum atomic E-state index is 3.25. The average Bonchev–Trinajstić information content (AvgIpc) is 2.57. The summed E-state index contributed by atoms with van der Waals surface area (Å²) in [5.41, 5.74) is 10.1. The molecule has 3 rings (SSSR count). The van der Waals surface area contributed by atoms with Crippen molar-refractivity contribution in [2.75, 3.05) is 43.6 Å². The lowest BCUT2D eigenvalue weighted by Gasteiger charge is -2.34. The highest BCUT2D eigenvalue weighted by atomic mass is 15.3. The summed E-state index contributed by atoms with van der Waals surface area (Å²) >= 11 is 0. The number of rotatable bonds is 5. The topological polar surface area (TPSA) is 30.5 Å². The van der Waals surface area contributed by atoms with Crippen LogP contribution in [0.5, 0.6) is 0 Å². The van der Waals surface area contributed by atoms with Gasteiger partial charge in [-0.1, -0.05) is 30.3 Å². The molecule has 1 aliphatic rings. The van der Waals surface area contributed by atoms with Crippen molar-refractivity contribution in [3.8, 4) is 0 Å². The van der Waals surface area contributed by atoms with Crippen molar-refractivity contribution in [3.63, 3.8) is 0 Å². The molecule has 0 saturated carbocycles. The molecule has 1 fully saturated rings. The van der Waals surface area contributed by atoms with Crippen LogP contribution in [-0.4, -0.2) is 38.1 Å². The quantitative estimate of drug-likeness (QED) is 0.830. The van der Waals surface area contributed by atoms with Gasteiger partial charge in [-0.2, -0.15) is 0 Å². The first-order valence-electron chi connectivity index (χ1n) is 7.87. The number of nitrogens with one attached hydrogen (secondary N) is 2. The van der Waals surface area contributed by atoms with Crippen molar-refractivity contribution < 1.29 is 0 Å². The largest absolute Gasteiger partial charge is 0.369 e. The lowest BCUT2D eigenvalue weighted by atomic mass is 10.2. The van der Waals surface area contributed by atoms with Gasteiger partial charge >= 0.3 is 0 Å². The Bertz CT molecular complexity index is 559. The number of nitrogens with zero attached hydrogens (tertiary/aromatic N) is 2. The highest BCUT2D eigenvalue weighted by Crippen LogP contribution is 2.17. The number of likely N-dealkylation sites (N-methyl/N-ethyl adjacent to an activating group) is 1. The van der Waals surface area contributed by atoms with Gasteiger partial charge in [-0.05, 0) is 36.9 Å². The minimum Gasteiger partial charge on any atom is -0.369 e. The average molecular weight is 296 g/mol. The van der Waals surface area contributed by atoms with Crippen LogP contribution in [0, 0.1) is 0 Å². The molecule has 0 unspecified atom stereocenters. The zero-order valence-electron chi connectivity index (χ0n) is 13.1. The number of benzene rings is 2. The standard InChI is InChI=1S/C18H24N4/c1-21-11-13-22(14-12-21)18-9-7-16(8-10-18)15-19-20-17-5-3-2-4-6-17/h2-10,19-20H,11-15H2,1H3. The summed E-state index contributed by atoms with van der Waals surface area (Å²) in [6, 6.07) is 19.0. The summed E-state index contributed by atoms with van der Waals surface area (Å²) in [6.45, 7) is 5.32.